The van der Waals surface area contributed by atoms with E-state index in [1.807, 2.05) is 13.8 Å². The van der Waals surface area contributed by atoms with E-state index < -0.39 is 14.2 Å². The number of fused-ring (bicyclic) bond motifs is 5. The van der Waals surface area contributed by atoms with Gasteiger partial charge in [-0.15, -0.1) is 0 Å². The Morgan fingerprint density at radius 1 is 0.933 bits per heavy atom. The second kappa shape index (κ2) is 10.1. The Hall–Kier alpha value is 0.940. The predicted octanol–water partition coefficient (Wildman–Crippen LogP) is 4.18. The van der Waals surface area contributed by atoms with E-state index in [0.29, 0.717) is 23.0 Å². The van der Waals surface area contributed by atoms with Crippen LogP contribution in [0.1, 0.15) is 85.5 Å². The van der Waals surface area contributed by atoms with Crippen molar-refractivity contribution in [2.45, 2.75) is 91.1 Å². The number of Topliss-reactive ketones (excluding diaryl/α,β-unsaturated/α-hetero) is 1. The second-order valence-electron chi connectivity index (χ2n) is 11.1. The molecule has 3 N–H and O–H groups in total. The molecule has 30 heavy (non-hydrogen) atoms. The maximum atomic E-state index is 12.2. The monoisotopic (exact) mass is 452 g/mol. The van der Waals surface area contributed by atoms with Crippen LogP contribution in [0.4, 0.5) is 0 Å². The molecule has 0 aromatic carbocycles. The van der Waals surface area contributed by atoms with E-state index in [1.165, 1.54) is 45.6 Å². The molecule has 0 heterocycles. The van der Waals surface area contributed by atoms with Crippen molar-refractivity contribution in [2.24, 2.45) is 40.4 Å². The number of carbonyl (C=O) groups is 1. The van der Waals surface area contributed by atoms with Crippen molar-refractivity contribution in [2.75, 3.05) is 7.11 Å². The molecule has 0 saturated heterocycles. The Bertz CT molecular complexity index is 614. The van der Waals surface area contributed by atoms with E-state index >= 15 is 0 Å². The average molecular weight is 453 g/mol. The third-order valence-electron chi connectivity index (χ3n) is 9.61. The fraction of sp³-hybridized carbons (Fsp3) is 0.957. The van der Waals surface area contributed by atoms with Crippen LogP contribution in [0, 0.1) is 40.4 Å². The van der Waals surface area contributed by atoms with Gasteiger partial charge in [-0.2, -0.15) is 0 Å². The van der Waals surface area contributed by atoms with E-state index in [2.05, 4.69) is 18.4 Å². The molecule has 0 aromatic heterocycles. The molecule has 0 spiro atoms. The van der Waals surface area contributed by atoms with Crippen molar-refractivity contribution in [1.29, 1.82) is 0 Å². The predicted molar refractivity (Wildman–Crippen MR) is 122 cm³/mol. The molecule has 0 bridgehead atoms. The Balaban J connectivity index is 0.000000482. The first kappa shape index (κ1) is 27.2. The van der Waals surface area contributed by atoms with Gasteiger partial charge < -0.3 is 19.4 Å². The molecule has 170 valence electrons. The van der Waals surface area contributed by atoms with Crippen LogP contribution in [-0.2, 0) is 9.32 Å². The van der Waals surface area contributed by atoms with Gasteiger partial charge in [0.05, 0.1) is 5.60 Å². The first-order valence-electron chi connectivity index (χ1n) is 11.4. The Morgan fingerprint density at radius 2 is 1.53 bits per heavy atom. The van der Waals surface area contributed by atoms with Crippen molar-refractivity contribution in [1.82, 2.24) is 0 Å². The van der Waals surface area contributed by atoms with Crippen LogP contribution in [0.2, 0.25) is 0 Å². The van der Waals surface area contributed by atoms with E-state index in [4.69, 9.17) is 9.79 Å². The third kappa shape index (κ3) is 5.04. The number of carbonyl (C=O) groups excluding carboxylic acids is 1. The van der Waals surface area contributed by atoms with Gasteiger partial charge in [-0.1, -0.05) is 13.8 Å². The number of hydrogen-bond acceptors (Lipinski definition) is 5. The van der Waals surface area contributed by atoms with Gasteiger partial charge in [-0.05, 0) is 106 Å². The van der Waals surface area contributed by atoms with Crippen molar-refractivity contribution in [3.8, 4) is 0 Å². The van der Waals surface area contributed by atoms with E-state index in [1.54, 1.807) is 0 Å². The van der Waals surface area contributed by atoms with Gasteiger partial charge in [-0.3, -0.25) is 4.79 Å². The van der Waals surface area contributed by atoms with Gasteiger partial charge in [0, 0.05) is 13.0 Å². The molecule has 4 aliphatic carbocycles. The van der Waals surface area contributed by atoms with Crippen molar-refractivity contribution in [3.05, 3.63) is 0 Å². The molecule has 5 nitrogen and oxygen atoms in total. The van der Waals surface area contributed by atoms with Crippen LogP contribution in [-0.4, -0.2) is 62.9 Å². The van der Waals surface area contributed by atoms with Gasteiger partial charge >= 0.3 is 38.2 Å². The quantitative estimate of drug-likeness (QED) is 0.432. The van der Waals surface area contributed by atoms with Gasteiger partial charge in [0.15, 0.2) is 0 Å². The van der Waals surface area contributed by atoms with Crippen molar-refractivity contribution in [3.63, 3.8) is 0 Å². The first-order chi connectivity index (χ1) is 13.4. The van der Waals surface area contributed by atoms with Gasteiger partial charge in [0.1, 0.15) is 5.78 Å². The average Bonchev–Trinajstić information content (AvgIpc) is 3.00. The van der Waals surface area contributed by atoms with Crippen LogP contribution in [0.5, 0.6) is 0 Å². The molecule has 0 unspecified atom stereocenters. The first-order valence-corrected chi connectivity index (χ1v) is 12.6. The summed E-state index contributed by atoms with van der Waals surface area (Å²) in [4.78, 5) is 27.7. The van der Waals surface area contributed by atoms with Gasteiger partial charge in [0.25, 0.3) is 0 Å². The number of hydrogen-bond donors (Lipinski definition) is 3. The van der Waals surface area contributed by atoms with Crippen LogP contribution >= 0.6 is 8.60 Å². The van der Waals surface area contributed by atoms with E-state index in [0.717, 1.165) is 37.0 Å². The maximum absolute atomic E-state index is 12.2. The standard InChI is InChI=1S/C22H36O2.CH5O3P.Na.H/c1-14(23)17-7-8-18-16-6-5-15-13-20(2,24)11-12-21(15,3)19(16)9-10-22(17,18)4;1-4-5(2)3;;/h15-19,24H,5-13H2,1-4H3;2-3H,1H3;;/t15-,16-,17+,18-,19-,20+,21-,22+;;;/m0.../s1. The van der Waals surface area contributed by atoms with Gasteiger partial charge in [-0.25, -0.2) is 0 Å². The molecule has 0 amide bonds. The van der Waals surface area contributed by atoms with Gasteiger partial charge in [0.2, 0.25) is 0 Å². The van der Waals surface area contributed by atoms with Crippen LogP contribution in [0.15, 0.2) is 0 Å². The fourth-order valence-corrected chi connectivity index (χ4v) is 8.10. The molecule has 8 atom stereocenters. The van der Waals surface area contributed by atoms with E-state index in [-0.39, 0.29) is 35.0 Å². The number of rotatable bonds is 2. The minimum absolute atomic E-state index is 0. The molecular formula is C23H42NaO5P. The summed E-state index contributed by atoms with van der Waals surface area (Å²) in [5.74, 6) is 3.89. The zero-order chi connectivity index (χ0) is 21.6. The zero-order valence-corrected chi connectivity index (χ0v) is 19.8. The summed E-state index contributed by atoms with van der Waals surface area (Å²) in [6.07, 6.45) is 10.8. The summed E-state index contributed by atoms with van der Waals surface area (Å²) >= 11 is 0. The van der Waals surface area contributed by atoms with E-state index in [9.17, 15) is 9.90 Å². The minimum atomic E-state index is -2.10. The Labute approximate surface area is 206 Å². The van der Waals surface area contributed by atoms with Crippen molar-refractivity contribution < 1.29 is 24.2 Å². The third-order valence-corrected chi connectivity index (χ3v) is 9.93. The summed E-state index contributed by atoms with van der Waals surface area (Å²) in [6.45, 7) is 8.85. The van der Waals surface area contributed by atoms with Crippen LogP contribution in [0.3, 0.4) is 0 Å². The molecule has 0 aromatic rings. The van der Waals surface area contributed by atoms with Crippen molar-refractivity contribution >= 4 is 43.9 Å². The second-order valence-corrected chi connectivity index (χ2v) is 11.9. The molecule has 7 heteroatoms. The van der Waals surface area contributed by atoms with Crippen LogP contribution < -0.4 is 0 Å². The SMILES string of the molecule is CC(=O)[C@H]1CC[C@H]2[C@@H]3CC[C@H]4C[C@](C)(O)CC[C@]4(C)[C@H]3CC[C@]12C.COP(O)O.[NaH]. The normalized spacial score (nSPS) is 47.2. The molecule has 4 rings (SSSR count). The molecular weight excluding hydrogens is 410 g/mol. The topological polar surface area (TPSA) is 87.0 Å². The molecule has 4 fully saturated rings. The summed E-state index contributed by atoms with van der Waals surface area (Å²) in [6, 6.07) is 0. The Kier molecular flexibility index (Phi) is 9.11. The molecule has 0 radical (unpaired) electrons. The Morgan fingerprint density at radius 3 is 2.10 bits per heavy atom. The molecule has 4 saturated carbocycles. The molecule has 4 aliphatic rings. The van der Waals surface area contributed by atoms with Crippen LogP contribution in [0.25, 0.3) is 0 Å². The number of aliphatic hydroxyl groups is 1. The number of ketones is 1. The summed E-state index contributed by atoms with van der Waals surface area (Å²) in [7, 11) is -0.870. The zero-order valence-electron chi connectivity index (χ0n) is 18.9. The summed E-state index contributed by atoms with van der Waals surface area (Å²) in [5, 5.41) is 10.6. The fourth-order valence-electron chi connectivity index (χ4n) is 8.10. The summed E-state index contributed by atoms with van der Waals surface area (Å²) < 4.78 is 3.93. The molecule has 0 aliphatic heterocycles. The summed E-state index contributed by atoms with van der Waals surface area (Å²) in [5.41, 5.74) is 0.268.